The zero-order valence-corrected chi connectivity index (χ0v) is 17.0. The number of hydrogen-bond donors (Lipinski definition) is 3. The molecule has 0 saturated carbocycles. The van der Waals surface area contributed by atoms with Gasteiger partial charge in [-0.05, 0) is 30.2 Å². The van der Waals surface area contributed by atoms with Crippen LogP contribution in [0.2, 0.25) is 15.1 Å². The van der Waals surface area contributed by atoms with E-state index in [9.17, 15) is 18.4 Å². The summed E-state index contributed by atoms with van der Waals surface area (Å²) in [7, 11) is 0. The molecule has 2 rings (SSSR count). The number of nitrogens with one attached hydrogen (secondary N) is 3. The second kappa shape index (κ2) is 9.41. The highest BCUT2D eigenvalue weighted by molar-refractivity contribution is 6.41. The monoisotopic (exact) mass is 449 g/mol. The first-order valence-corrected chi connectivity index (χ1v) is 9.20. The van der Waals surface area contributed by atoms with Crippen LogP contribution in [0.5, 0.6) is 0 Å². The number of halogens is 5. The predicted octanol–water partition coefficient (Wildman–Crippen LogP) is 4.82. The van der Waals surface area contributed by atoms with E-state index in [-0.39, 0.29) is 15.7 Å². The van der Waals surface area contributed by atoms with Crippen LogP contribution >= 0.6 is 34.8 Å². The second-order valence-electron chi connectivity index (χ2n) is 6.15. The minimum Gasteiger partial charge on any atom is -0.340 e. The summed E-state index contributed by atoms with van der Waals surface area (Å²) in [6, 6.07) is 4.79. The van der Waals surface area contributed by atoms with Crippen LogP contribution in [0.3, 0.4) is 0 Å². The molecular weight excluding hydrogens is 435 g/mol. The number of benzene rings is 2. The summed E-state index contributed by atoms with van der Waals surface area (Å²) < 4.78 is 27.6. The first kappa shape index (κ1) is 22.2. The summed E-state index contributed by atoms with van der Waals surface area (Å²) in [5.41, 5.74) is 4.36. The summed E-state index contributed by atoms with van der Waals surface area (Å²) in [5, 5.41) is 2.97. The average molecular weight is 451 g/mol. The molecule has 0 spiro atoms. The van der Waals surface area contributed by atoms with E-state index in [1.807, 2.05) is 0 Å². The van der Waals surface area contributed by atoms with Crippen molar-refractivity contribution in [3.8, 4) is 0 Å². The van der Waals surface area contributed by atoms with Crippen LogP contribution < -0.4 is 16.2 Å². The lowest BCUT2D eigenvalue weighted by molar-refractivity contribution is -0.123. The van der Waals surface area contributed by atoms with E-state index in [0.29, 0.717) is 5.02 Å². The Labute approximate surface area is 175 Å². The Morgan fingerprint density at radius 2 is 1.54 bits per heavy atom. The fourth-order valence-electron chi connectivity index (χ4n) is 2.33. The van der Waals surface area contributed by atoms with Gasteiger partial charge in [0, 0.05) is 5.02 Å². The number of carbonyl (C=O) groups is 2. The Morgan fingerprint density at radius 3 is 2.04 bits per heavy atom. The molecule has 5 nitrogen and oxygen atoms in total. The van der Waals surface area contributed by atoms with Crippen molar-refractivity contribution in [1.82, 2.24) is 10.7 Å². The van der Waals surface area contributed by atoms with Crippen molar-refractivity contribution < 1.29 is 18.4 Å². The molecule has 2 aromatic carbocycles. The Hall–Kier alpha value is -2.09. The number of carbonyl (C=O) groups excluding carboxylic acids is 2. The summed E-state index contributed by atoms with van der Waals surface area (Å²) in [5.74, 6) is -4.16. The van der Waals surface area contributed by atoms with E-state index in [2.05, 4.69) is 16.2 Å². The number of anilines is 1. The number of hydrogen-bond acceptors (Lipinski definition) is 3. The van der Waals surface area contributed by atoms with Crippen molar-refractivity contribution in [2.45, 2.75) is 19.9 Å². The minimum absolute atomic E-state index is 0.163. The van der Waals surface area contributed by atoms with E-state index in [1.165, 1.54) is 12.1 Å². The van der Waals surface area contributed by atoms with Gasteiger partial charge in [0.25, 0.3) is 11.8 Å². The molecule has 0 aromatic heterocycles. The van der Waals surface area contributed by atoms with Gasteiger partial charge < -0.3 is 5.32 Å². The van der Waals surface area contributed by atoms with Crippen LogP contribution in [0.4, 0.5) is 14.5 Å². The van der Waals surface area contributed by atoms with Crippen molar-refractivity contribution in [2.75, 3.05) is 5.43 Å². The molecule has 28 heavy (non-hydrogen) atoms. The standard InChI is InChI=1S/C18H16Cl3F2N3O2/c1-8(2)15(24-17(27)14-12(22)4-3-5-13(14)23)18(28)26-25-16-10(20)6-9(19)7-11(16)21/h3-8,15,25H,1-2H3,(H,24,27)(H,26,28)/t15-/m1/s1. The van der Waals surface area contributed by atoms with E-state index in [4.69, 9.17) is 34.8 Å². The molecule has 1 atom stereocenters. The molecule has 150 valence electrons. The first-order valence-electron chi connectivity index (χ1n) is 8.07. The number of hydrazine groups is 1. The average Bonchev–Trinajstić information content (AvgIpc) is 2.58. The molecule has 0 aliphatic rings. The largest absolute Gasteiger partial charge is 0.340 e. The van der Waals surface area contributed by atoms with Crippen LogP contribution in [0.25, 0.3) is 0 Å². The topological polar surface area (TPSA) is 70.2 Å². The summed E-state index contributed by atoms with van der Waals surface area (Å²) in [6.45, 7) is 3.31. The molecule has 3 N–H and O–H groups in total. The van der Waals surface area contributed by atoms with Gasteiger partial charge in [0.15, 0.2) is 0 Å². The Morgan fingerprint density at radius 1 is 1.00 bits per heavy atom. The number of rotatable bonds is 6. The Kier molecular flexibility index (Phi) is 7.46. The third-order valence-corrected chi connectivity index (χ3v) is 4.56. The predicted molar refractivity (Wildman–Crippen MR) is 106 cm³/mol. The van der Waals surface area contributed by atoms with Gasteiger partial charge in [0.2, 0.25) is 0 Å². The van der Waals surface area contributed by atoms with Gasteiger partial charge in [-0.1, -0.05) is 54.7 Å². The van der Waals surface area contributed by atoms with Gasteiger partial charge in [-0.2, -0.15) is 0 Å². The van der Waals surface area contributed by atoms with Crippen LogP contribution in [-0.4, -0.2) is 17.9 Å². The highest BCUT2D eigenvalue weighted by atomic mass is 35.5. The van der Waals surface area contributed by atoms with Gasteiger partial charge in [0.1, 0.15) is 23.2 Å². The fourth-order valence-corrected chi connectivity index (χ4v) is 3.24. The lowest BCUT2D eigenvalue weighted by Crippen LogP contribution is -2.51. The highest BCUT2D eigenvalue weighted by Gasteiger charge is 2.27. The van der Waals surface area contributed by atoms with Gasteiger partial charge in [-0.3, -0.25) is 20.4 Å². The van der Waals surface area contributed by atoms with Crippen LogP contribution in [-0.2, 0) is 4.79 Å². The van der Waals surface area contributed by atoms with Crippen molar-refractivity contribution in [3.05, 3.63) is 62.6 Å². The molecule has 10 heteroatoms. The van der Waals surface area contributed by atoms with Crippen molar-refractivity contribution in [2.24, 2.45) is 5.92 Å². The normalized spacial score (nSPS) is 11.9. The molecular formula is C18H16Cl3F2N3O2. The van der Waals surface area contributed by atoms with E-state index >= 15 is 0 Å². The third-order valence-electron chi connectivity index (χ3n) is 3.74. The third kappa shape index (κ3) is 5.25. The maximum Gasteiger partial charge on any atom is 0.261 e. The maximum absolute atomic E-state index is 13.8. The van der Waals surface area contributed by atoms with Crippen molar-refractivity contribution in [1.29, 1.82) is 0 Å². The van der Waals surface area contributed by atoms with Gasteiger partial charge in [-0.25, -0.2) is 8.78 Å². The van der Waals surface area contributed by atoms with Crippen LogP contribution in [0.1, 0.15) is 24.2 Å². The highest BCUT2D eigenvalue weighted by Crippen LogP contribution is 2.33. The molecule has 0 saturated heterocycles. The molecule has 0 radical (unpaired) electrons. The summed E-state index contributed by atoms with van der Waals surface area (Å²) in [6.07, 6.45) is 0. The first-order chi connectivity index (χ1) is 13.1. The van der Waals surface area contributed by atoms with Gasteiger partial charge in [-0.15, -0.1) is 0 Å². The smallest absolute Gasteiger partial charge is 0.261 e. The lowest BCUT2D eigenvalue weighted by atomic mass is 10.0. The van der Waals surface area contributed by atoms with Crippen LogP contribution in [0.15, 0.2) is 30.3 Å². The van der Waals surface area contributed by atoms with E-state index in [1.54, 1.807) is 13.8 Å². The lowest BCUT2D eigenvalue weighted by Gasteiger charge is -2.23. The fraction of sp³-hybridized carbons (Fsp3) is 0.222. The summed E-state index contributed by atoms with van der Waals surface area (Å²) in [4.78, 5) is 24.8. The van der Waals surface area contributed by atoms with Gasteiger partial charge in [0.05, 0.1) is 15.7 Å². The Balaban J connectivity index is 2.14. The summed E-state index contributed by atoms with van der Waals surface area (Å²) >= 11 is 17.9. The molecule has 0 fully saturated rings. The Bertz CT molecular complexity index is 866. The number of amides is 2. The van der Waals surface area contributed by atoms with Crippen molar-refractivity contribution >= 4 is 52.3 Å². The maximum atomic E-state index is 13.8. The molecule has 0 unspecified atom stereocenters. The zero-order chi connectivity index (χ0) is 21.0. The van der Waals surface area contributed by atoms with E-state index in [0.717, 1.165) is 18.2 Å². The van der Waals surface area contributed by atoms with Gasteiger partial charge >= 0.3 is 0 Å². The SMILES string of the molecule is CC(C)[C@@H](NC(=O)c1c(F)cccc1F)C(=O)NNc1c(Cl)cc(Cl)cc1Cl. The van der Waals surface area contributed by atoms with Crippen molar-refractivity contribution in [3.63, 3.8) is 0 Å². The van der Waals surface area contributed by atoms with Crippen LogP contribution in [0, 0.1) is 17.6 Å². The minimum atomic E-state index is -1.09. The molecule has 0 bridgehead atoms. The molecule has 0 aliphatic heterocycles. The van der Waals surface area contributed by atoms with E-state index < -0.39 is 41.0 Å². The molecule has 0 heterocycles. The quantitative estimate of drug-likeness (QED) is 0.553. The molecule has 0 aliphatic carbocycles. The molecule has 2 aromatic rings. The zero-order valence-electron chi connectivity index (χ0n) is 14.7. The molecule has 2 amide bonds. The second-order valence-corrected chi connectivity index (χ2v) is 7.40.